The molecule has 156 valence electrons. The molecule has 1 aromatic carbocycles. The van der Waals surface area contributed by atoms with Crippen LogP contribution in [0, 0.1) is 0 Å². The van der Waals surface area contributed by atoms with E-state index in [0.29, 0.717) is 11.8 Å². The second kappa shape index (κ2) is 7.96. The quantitative estimate of drug-likeness (QED) is 0.459. The van der Waals surface area contributed by atoms with Gasteiger partial charge in [-0.15, -0.1) is 0 Å². The van der Waals surface area contributed by atoms with Crippen molar-refractivity contribution in [2.24, 2.45) is 0 Å². The Balaban J connectivity index is 1.23. The minimum Gasteiger partial charge on any atom is -0.332 e. The van der Waals surface area contributed by atoms with Crippen LogP contribution in [0.25, 0.3) is 23.7 Å². The summed E-state index contributed by atoms with van der Waals surface area (Å²) < 4.78 is 0. The van der Waals surface area contributed by atoms with Crippen molar-refractivity contribution in [3.63, 3.8) is 0 Å². The van der Waals surface area contributed by atoms with Gasteiger partial charge in [-0.2, -0.15) is 0 Å². The Morgan fingerprint density at radius 2 is 1.62 bits per heavy atom. The largest absolute Gasteiger partial charge is 0.332 e. The number of benzene rings is 1. The molecule has 1 saturated carbocycles. The van der Waals surface area contributed by atoms with Gasteiger partial charge in [-0.1, -0.05) is 24.3 Å². The summed E-state index contributed by atoms with van der Waals surface area (Å²) in [7, 11) is 0. The molecule has 6 heteroatoms. The maximum Gasteiger partial charge on any atom is 0.226 e. The Labute approximate surface area is 186 Å². The minimum atomic E-state index is 0.596. The molecule has 0 spiro atoms. The Morgan fingerprint density at radius 3 is 2.50 bits per heavy atom. The zero-order valence-corrected chi connectivity index (χ0v) is 17.6. The molecule has 2 aliphatic rings. The summed E-state index contributed by atoms with van der Waals surface area (Å²) in [5.74, 6) is 2.08. The number of nitrogens with zero attached hydrogens (tertiary/aromatic N) is 6. The third kappa shape index (κ3) is 3.87. The molecule has 1 fully saturated rings. The first-order valence-corrected chi connectivity index (χ1v) is 10.9. The normalized spacial score (nSPS) is 15.3. The number of hydrogen-bond donors (Lipinski definition) is 0. The average molecular weight is 419 g/mol. The van der Waals surface area contributed by atoms with E-state index in [4.69, 9.17) is 4.98 Å². The molecular formula is C26H22N6. The summed E-state index contributed by atoms with van der Waals surface area (Å²) in [5, 5.41) is 0. The van der Waals surface area contributed by atoms with Crippen molar-refractivity contribution < 1.29 is 0 Å². The third-order valence-electron chi connectivity index (χ3n) is 5.99. The van der Waals surface area contributed by atoms with E-state index in [2.05, 4.69) is 43.0 Å². The lowest BCUT2D eigenvalue weighted by Gasteiger charge is -2.15. The fourth-order valence-electron chi connectivity index (χ4n) is 4.10. The lowest BCUT2D eigenvalue weighted by Crippen LogP contribution is -2.17. The fourth-order valence-corrected chi connectivity index (χ4v) is 4.10. The zero-order chi connectivity index (χ0) is 21.3. The molecule has 0 N–H and O–H groups in total. The maximum atomic E-state index is 4.79. The van der Waals surface area contributed by atoms with Gasteiger partial charge < -0.3 is 4.90 Å². The summed E-state index contributed by atoms with van der Waals surface area (Å²) >= 11 is 0. The minimum absolute atomic E-state index is 0.596. The molecular weight excluding hydrogens is 396 g/mol. The first kappa shape index (κ1) is 18.8. The Morgan fingerprint density at radius 1 is 0.781 bits per heavy atom. The smallest absolute Gasteiger partial charge is 0.226 e. The van der Waals surface area contributed by atoms with Crippen LogP contribution in [0.5, 0.6) is 0 Å². The number of hydrogen-bond acceptors (Lipinski definition) is 6. The molecule has 0 saturated heterocycles. The SMILES string of the molecule is C(=C\c1ccnc(-c2ccnc(N3Cc4ccc(C5CC5)cc4C3)n2)n1)/c1ccncc1. The number of anilines is 1. The van der Waals surface area contributed by atoms with Gasteiger partial charge in [0.15, 0.2) is 5.82 Å². The first-order valence-electron chi connectivity index (χ1n) is 10.9. The van der Waals surface area contributed by atoms with Crippen LogP contribution in [0.15, 0.2) is 67.3 Å². The predicted molar refractivity (Wildman–Crippen MR) is 125 cm³/mol. The molecule has 32 heavy (non-hydrogen) atoms. The summed E-state index contributed by atoms with van der Waals surface area (Å²) in [6.07, 6.45) is 13.7. The zero-order valence-electron chi connectivity index (χ0n) is 17.6. The van der Waals surface area contributed by atoms with E-state index < -0.39 is 0 Å². The van der Waals surface area contributed by atoms with Crippen LogP contribution in [0.4, 0.5) is 5.95 Å². The van der Waals surface area contributed by atoms with E-state index in [1.807, 2.05) is 36.4 Å². The van der Waals surface area contributed by atoms with Gasteiger partial charge in [0.25, 0.3) is 0 Å². The molecule has 0 bridgehead atoms. The average Bonchev–Trinajstić information content (AvgIpc) is 3.62. The Kier molecular flexibility index (Phi) is 4.68. The summed E-state index contributed by atoms with van der Waals surface area (Å²) in [6, 6.07) is 14.6. The molecule has 1 aliphatic heterocycles. The lowest BCUT2D eigenvalue weighted by atomic mass is 10.0. The van der Waals surface area contributed by atoms with Crippen LogP contribution in [0.3, 0.4) is 0 Å². The summed E-state index contributed by atoms with van der Waals surface area (Å²) in [4.78, 5) is 24.7. The van der Waals surface area contributed by atoms with Gasteiger partial charge in [0.2, 0.25) is 5.95 Å². The summed E-state index contributed by atoms with van der Waals surface area (Å²) in [6.45, 7) is 1.67. The highest BCUT2D eigenvalue weighted by molar-refractivity contribution is 5.68. The molecule has 0 radical (unpaired) electrons. The van der Waals surface area contributed by atoms with Crippen LogP contribution in [0.2, 0.25) is 0 Å². The highest BCUT2D eigenvalue weighted by atomic mass is 15.3. The monoisotopic (exact) mass is 418 g/mol. The van der Waals surface area contributed by atoms with Crippen LogP contribution in [-0.2, 0) is 13.1 Å². The maximum absolute atomic E-state index is 4.79. The van der Waals surface area contributed by atoms with E-state index in [0.717, 1.165) is 36.0 Å². The summed E-state index contributed by atoms with van der Waals surface area (Å²) in [5.41, 5.74) is 6.86. The molecule has 6 rings (SSSR count). The van der Waals surface area contributed by atoms with E-state index in [1.54, 1.807) is 24.8 Å². The molecule has 6 nitrogen and oxygen atoms in total. The highest BCUT2D eigenvalue weighted by Gasteiger charge is 2.27. The molecule has 4 aromatic rings. The van der Waals surface area contributed by atoms with Gasteiger partial charge in [0.05, 0.1) is 5.69 Å². The second-order valence-electron chi connectivity index (χ2n) is 8.32. The van der Waals surface area contributed by atoms with Crippen LogP contribution in [0.1, 0.15) is 46.7 Å². The standard InChI is InChI=1S/C26H22N6/c1(18-7-11-27-12-8-18)6-23-9-13-28-25(30-23)24-10-14-29-26(31-24)32-16-21-5-4-20(19-2-3-19)15-22(21)17-32/h1,4-15,19H,2-3,16-17H2/b6-1+. The van der Waals surface area contributed by atoms with E-state index in [9.17, 15) is 0 Å². The van der Waals surface area contributed by atoms with E-state index in [1.165, 1.54) is 29.5 Å². The van der Waals surface area contributed by atoms with Gasteiger partial charge in [0, 0.05) is 37.9 Å². The number of fused-ring (bicyclic) bond motifs is 1. The molecule has 4 heterocycles. The number of pyridine rings is 1. The van der Waals surface area contributed by atoms with Gasteiger partial charge in [-0.3, -0.25) is 4.98 Å². The van der Waals surface area contributed by atoms with Gasteiger partial charge in [0.1, 0.15) is 5.69 Å². The van der Waals surface area contributed by atoms with Crippen molar-refractivity contribution in [2.75, 3.05) is 4.90 Å². The van der Waals surface area contributed by atoms with Gasteiger partial charge in [-0.05, 0) is 71.4 Å². The predicted octanol–water partition coefficient (Wildman–Crippen LogP) is 4.90. The van der Waals surface area contributed by atoms with Gasteiger partial charge in [-0.25, -0.2) is 19.9 Å². The Bertz CT molecular complexity index is 1300. The molecule has 0 atom stereocenters. The second-order valence-corrected chi connectivity index (χ2v) is 8.32. The van der Waals surface area contributed by atoms with Crippen molar-refractivity contribution in [1.82, 2.24) is 24.9 Å². The van der Waals surface area contributed by atoms with Crippen molar-refractivity contribution >= 4 is 18.1 Å². The van der Waals surface area contributed by atoms with Crippen molar-refractivity contribution in [2.45, 2.75) is 31.8 Å². The van der Waals surface area contributed by atoms with Crippen molar-refractivity contribution in [1.29, 1.82) is 0 Å². The van der Waals surface area contributed by atoms with Crippen molar-refractivity contribution in [3.05, 3.63) is 95.2 Å². The lowest BCUT2D eigenvalue weighted by molar-refractivity contribution is 0.828. The first-order chi connectivity index (χ1) is 15.8. The fraction of sp³-hybridized carbons (Fsp3) is 0.192. The molecule has 1 aliphatic carbocycles. The third-order valence-corrected chi connectivity index (χ3v) is 5.99. The number of aromatic nitrogens is 5. The Hall–Kier alpha value is -3.93. The van der Waals surface area contributed by atoms with E-state index in [-0.39, 0.29) is 0 Å². The molecule has 3 aromatic heterocycles. The van der Waals surface area contributed by atoms with Crippen molar-refractivity contribution in [3.8, 4) is 11.5 Å². The molecule has 0 unspecified atom stereocenters. The molecule has 0 amide bonds. The van der Waals surface area contributed by atoms with Crippen LogP contribution < -0.4 is 4.90 Å². The van der Waals surface area contributed by atoms with Crippen LogP contribution >= 0.6 is 0 Å². The highest BCUT2D eigenvalue weighted by Crippen LogP contribution is 2.41. The van der Waals surface area contributed by atoms with E-state index >= 15 is 0 Å². The van der Waals surface area contributed by atoms with Crippen LogP contribution in [-0.4, -0.2) is 24.9 Å². The topological polar surface area (TPSA) is 67.7 Å². The van der Waals surface area contributed by atoms with Gasteiger partial charge >= 0.3 is 0 Å². The number of rotatable bonds is 5.